The largest absolute Gasteiger partial charge is 0.468 e. The van der Waals surface area contributed by atoms with Crippen LogP contribution in [0.2, 0.25) is 0 Å². The lowest BCUT2D eigenvalue weighted by atomic mass is 10.1. The summed E-state index contributed by atoms with van der Waals surface area (Å²) in [5.41, 5.74) is 0.573. The van der Waals surface area contributed by atoms with Gasteiger partial charge in [-0.15, -0.1) is 0 Å². The van der Waals surface area contributed by atoms with Crippen LogP contribution in [0.3, 0.4) is 0 Å². The van der Waals surface area contributed by atoms with Crippen LogP contribution in [0.15, 0.2) is 52.0 Å². The minimum absolute atomic E-state index is 0.0638. The van der Waals surface area contributed by atoms with E-state index in [1.807, 2.05) is 12.1 Å². The van der Waals surface area contributed by atoms with Crippen molar-refractivity contribution in [2.24, 2.45) is 0 Å². The van der Waals surface area contributed by atoms with E-state index in [1.165, 1.54) is 12.8 Å². The Morgan fingerprint density at radius 3 is 2.54 bits per heavy atom. The fraction of sp³-hybridized carbons (Fsp3) is 0.389. The van der Waals surface area contributed by atoms with Crippen molar-refractivity contribution in [3.63, 3.8) is 0 Å². The number of carbonyl (C=O) groups excluding carboxylic acids is 1. The summed E-state index contributed by atoms with van der Waals surface area (Å²) in [5, 5.41) is 3.00. The topological polar surface area (TPSA) is 62.6 Å². The van der Waals surface area contributed by atoms with Crippen molar-refractivity contribution in [2.75, 3.05) is 25.9 Å². The van der Waals surface area contributed by atoms with E-state index in [4.69, 9.17) is 4.42 Å². The number of nitrogens with one attached hydrogen (secondary N) is 1. The molecule has 0 spiro atoms. The van der Waals surface area contributed by atoms with Gasteiger partial charge in [-0.1, -0.05) is 0 Å². The first-order chi connectivity index (χ1) is 11.6. The molecule has 0 aliphatic carbocycles. The van der Waals surface area contributed by atoms with Crippen molar-refractivity contribution in [3.8, 4) is 0 Å². The van der Waals surface area contributed by atoms with E-state index in [9.17, 15) is 9.00 Å². The maximum absolute atomic E-state index is 12.4. The van der Waals surface area contributed by atoms with E-state index < -0.39 is 10.8 Å². The lowest BCUT2D eigenvalue weighted by Gasteiger charge is -2.26. The molecule has 128 valence electrons. The van der Waals surface area contributed by atoms with Crippen LogP contribution >= 0.6 is 0 Å². The Balaban J connectivity index is 1.65. The summed E-state index contributed by atoms with van der Waals surface area (Å²) < 4.78 is 17.0. The number of nitrogens with zero attached hydrogens (tertiary/aromatic N) is 1. The molecule has 2 atom stereocenters. The van der Waals surface area contributed by atoms with Crippen LogP contribution in [-0.2, 0) is 10.8 Å². The van der Waals surface area contributed by atoms with Gasteiger partial charge in [0.15, 0.2) is 0 Å². The van der Waals surface area contributed by atoms with Crippen LogP contribution in [0.1, 0.15) is 35.0 Å². The third kappa shape index (κ3) is 3.94. The average Bonchev–Trinajstić information content (AvgIpc) is 3.29. The fourth-order valence-corrected chi connectivity index (χ4v) is 3.55. The highest BCUT2D eigenvalue weighted by Gasteiger charge is 2.26. The zero-order chi connectivity index (χ0) is 16.9. The molecule has 5 nitrogen and oxygen atoms in total. The van der Waals surface area contributed by atoms with Crippen LogP contribution in [0.4, 0.5) is 0 Å². The van der Waals surface area contributed by atoms with Crippen LogP contribution in [0, 0.1) is 0 Å². The van der Waals surface area contributed by atoms with E-state index in [2.05, 4.69) is 10.2 Å². The highest BCUT2D eigenvalue weighted by atomic mass is 32.2. The van der Waals surface area contributed by atoms with Crippen molar-refractivity contribution in [1.29, 1.82) is 0 Å². The van der Waals surface area contributed by atoms with Crippen LogP contribution in [0.25, 0.3) is 0 Å². The fourth-order valence-electron chi connectivity index (χ4n) is 3.03. The Hall–Kier alpha value is -1.92. The van der Waals surface area contributed by atoms with Crippen molar-refractivity contribution < 1.29 is 13.4 Å². The lowest BCUT2D eigenvalue weighted by molar-refractivity contribution is 0.0933. The molecule has 1 aliphatic heterocycles. The summed E-state index contributed by atoms with van der Waals surface area (Å²) in [7, 11) is -1.03. The molecular formula is C18H22N2O3S. The smallest absolute Gasteiger partial charge is 0.251 e. The van der Waals surface area contributed by atoms with Crippen molar-refractivity contribution >= 4 is 16.7 Å². The predicted molar refractivity (Wildman–Crippen MR) is 93.4 cm³/mol. The standard InChI is InChI=1S/C18H22N2O3S/c1-24(22)15-8-6-14(7-9-15)18(21)19-13-16(17-5-4-12-23-17)20-10-2-3-11-20/h4-9,12,16H,2-3,10-11,13H2,1H3,(H,19,21). The summed E-state index contributed by atoms with van der Waals surface area (Å²) in [6.07, 6.45) is 5.66. The van der Waals surface area contributed by atoms with Gasteiger partial charge in [0.1, 0.15) is 5.76 Å². The number of rotatable bonds is 6. The van der Waals surface area contributed by atoms with E-state index in [-0.39, 0.29) is 11.9 Å². The maximum atomic E-state index is 12.4. The first-order valence-corrected chi connectivity index (χ1v) is 9.70. The van der Waals surface area contributed by atoms with Crippen molar-refractivity contribution in [2.45, 2.75) is 23.8 Å². The summed E-state index contributed by atoms with van der Waals surface area (Å²) in [6.45, 7) is 2.56. The molecule has 24 heavy (non-hydrogen) atoms. The van der Waals surface area contributed by atoms with Gasteiger partial charge in [0.2, 0.25) is 0 Å². The van der Waals surface area contributed by atoms with Crippen LogP contribution < -0.4 is 5.32 Å². The molecule has 1 N–H and O–H groups in total. The minimum atomic E-state index is -1.03. The molecule has 1 amide bonds. The SMILES string of the molecule is CS(=O)c1ccc(C(=O)NCC(c2ccco2)N2CCCC2)cc1. The molecule has 2 unspecified atom stereocenters. The third-order valence-corrected chi connectivity index (χ3v) is 5.29. The summed E-state index contributed by atoms with van der Waals surface area (Å²) in [6, 6.07) is 10.8. The van der Waals surface area contributed by atoms with Gasteiger partial charge in [-0.2, -0.15) is 0 Å². The molecule has 1 saturated heterocycles. The Labute approximate surface area is 144 Å². The van der Waals surface area contributed by atoms with Gasteiger partial charge in [0.25, 0.3) is 5.91 Å². The second kappa shape index (κ2) is 7.77. The van der Waals surface area contributed by atoms with Gasteiger partial charge in [0.05, 0.1) is 12.3 Å². The third-order valence-electron chi connectivity index (χ3n) is 4.36. The molecule has 1 aromatic carbocycles. The Bertz CT molecular complexity index is 692. The van der Waals surface area contributed by atoms with E-state index in [0.29, 0.717) is 12.1 Å². The second-order valence-corrected chi connectivity index (χ2v) is 7.34. The molecule has 6 heteroatoms. The molecule has 0 saturated carbocycles. The first kappa shape index (κ1) is 16.9. The predicted octanol–water partition coefficient (Wildman–Crippen LogP) is 2.58. The number of amides is 1. The highest BCUT2D eigenvalue weighted by Crippen LogP contribution is 2.25. The lowest BCUT2D eigenvalue weighted by Crippen LogP contribution is -2.36. The summed E-state index contributed by atoms with van der Waals surface area (Å²) >= 11 is 0. The Morgan fingerprint density at radius 2 is 1.96 bits per heavy atom. The van der Waals surface area contributed by atoms with Crippen LogP contribution in [0.5, 0.6) is 0 Å². The van der Waals surface area contributed by atoms with Gasteiger partial charge in [-0.05, 0) is 62.3 Å². The van der Waals surface area contributed by atoms with Crippen molar-refractivity contribution in [1.82, 2.24) is 10.2 Å². The molecule has 2 heterocycles. The molecule has 0 bridgehead atoms. The molecule has 2 aromatic rings. The molecule has 1 aromatic heterocycles. The van der Waals surface area contributed by atoms with Gasteiger partial charge in [-0.3, -0.25) is 13.9 Å². The quantitative estimate of drug-likeness (QED) is 0.873. The normalized spacial score (nSPS) is 17.5. The van der Waals surface area contributed by atoms with Gasteiger partial charge >= 0.3 is 0 Å². The molecule has 0 radical (unpaired) electrons. The average molecular weight is 346 g/mol. The number of hydrogen-bond donors (Lipinski definition) is 1. The minimum Gasteiger partial charge on any atom is -0.468 e. The first-order valence-electron chi connectivity index (χ1n) is 8.14. The van der Waals surface area contributed by atoms with Gasteiger partial charge in [0, 0.05) is 34.1 Å². The highest BCUT2D eigenvalue weighted by molar-refractivity contribution is 7.84. The van der Waals surface area contributed by atoms with Gasteiger partial charge in [-0.25, -0.2) is 0 Å². The monoisotopic (exact) mass is 346 g/mol. The molecule has 3 rings (SSSR count). The number of likely N-dealkylation sites (tertiary alicyclic amines) is 1. The zero-order valence-corrected chi connectivity index (χ0v) is 14.6. The van der Waals surface area contributed by atoms with E-state index in [1.54, 1.807) is 36.8 Å². The maximum Gasteiger partial charge on any atom is 0.251 e. The number of benzene rings is 1. The number of carbonyl (C=O) groups is 1. The number of furan rings is 1. The second-order valence-electron chi connectivity index (χ2n) is 5.96. The molecule has 1 aliphatic rings. The molecular weight excluding hydrogens is 324 g/mol. The van der Waals surface area contributed by atoms with E-state index in [0.717, 1.165) is 23.7 Å². The van der Waals surface area contributed by atoms with Gasteiger partial charge < -0.3 is 9.73 Å². The Morgan fingerprint density at radius 1 is 1.25 bits per heavy atom. The number of hydrogen-bond acceptors (Lipinski definition) is 4. The van der Waals surface area contributed by atoms with Crippen molar-refractivity contribution in [3.05, 3.63) is 54.0 Å². The zero-order valence-electron chi connectivity index (χ0n) is 13.7. The Kier molecular flexibility index (Phi) is 5.48. The van der Waals surface area contributed by atoms with Crippen LogP contribution in [-0.4, -0.2) is 40.9 Å². The summed E-state index contributed by atoms with van der Waals surface area (Å²) in [4.78, 5) is 15.4. The molecule has 1 fully saturated rings. The summed E-state index contributed by atoms with van der Waals surface area (Å²) in [5.74, 6) is 0.758. The van der Waals surface area contributed by atoms with E-state index >= 15 is 0 Å².